The third-order valence-electron chi connectivity index (χ3n) is 14.8. The van der Waals surface area contributed by atoms with Gasteiger partial charge in [-0.1, -0.05) is 234 Å². The largest absolute Gasteiger partial charge is 0.310 e. The summed E-state index contributed by atoms with van der Waals surface area (Å²) in [7, 11) is 0. The summed E-state index contributed by atoms with van der Waals surface area (Å²) in [6.45, 7) is 0. The normalized spacial score (nSPS) is 13.4. The van der Waals surface area contributed by atoms with Crippen LogP contribution in [0.3, 0.4) is 0 Å². The monoisotopic (exact) mass is 970 g/mol. The third kappa shape index (κ3) is 6.76. The highest BCUT2D eigenvalue weighted by Gasteiger charge is 2.48. The number of benzene rings is 11. The van der Waals surface area contributed by atoms with Gasteiger partial charge >= 0.3 is 0 Å². The summed E-state index contributed by atoms with van der Waals surface area (Å²) < 4.78 is 0.972. The number of anilines is 6. The van der Waals surface area contributed by atoms with Gasteiger partial charge in [-0.25, -0.2) is 0 Å². The summed E-state index contributed by atoms with van der Waals surface area (Å²) in [4.78, 5) is 4.83. The predicted molar refractivity (Wildman–Crippen MR) is 298 cm³/mol. The summed E-state index contributed by atoms with van der Waals surface area (Å²) in [6.07, 6.45) is 0. The van der Waals surface area contributed by atoms with E-state index in [4.69, 9.17) is 0 Å². The van der Waals surface area contributed by atoms with Gasteiger partial charge in [0, 0.05) is 38.6 Å². The summed E-state index contributed by atoms with van der Waals surface area (Å²) in [6, 6.07) is 105. The lowest BCUT2D eigenvalue weighted by Crippen LogP contribution is -2.28. The van der Waals surface area contributed by atoms with Crippen LogP contribution >= 0.6 is 15.9 Å². The predicted octanol–water partition coefficient (Wildman–Crippen LogP) is 18.1. The molecule has 0 N–H and O–H groups in total. The van der Waals surface area contributed by atoms with E-state index >= 15 is 0 Å². The van der Waals surface area contributed by atoms with Crippen LogP contribution < -0.4 is 9.80 Å². The highest BCUT2D eigenvalue weighted by molar-refractivity contribution is 9.10. The molecule has 0 saturated carbocycles. The summed E-state index contributed by atoms with van der Waals surface area (Å²) in [5.74, 6) is 0. The van der Waals surface area contributed by atoms with Crippen molar-refractivity contribution in [3.05, 3.63) is 334 Å². The van der Waals surface area contributed by atoms with Crippen molar-refractivity contribution in [3.63, 3.8) is 0 Å². The maximum atomic E-state index is 4.08. The van der Waals surface area contributed by atoms with Crippen LogP contribution in [0, 0.1) is 0 Å². The van der Waals surface area contributed by atoms with Crippen LogP contribution in [0.25, 0.3) is 22.3 Å². The number of hydrogen-bond donors (Lipinski definition) is 0. The van der Waals surface area contributed by atoms with Crippen LogP contribution in [-0.2, 0) is 10.8 Å². The van der Waals surface area contributed by atoms with Crippen LogP contribution in [0.1, 0.15) is 44.5 Å². The van der Waals surface area contributed by atoms with Crippen molar-refractivity contribution in [1.82, 2.24) is 0 Å². The quantitative estimate of drug-likeness (QED) is 0.135. The summed E-state index contributed by atoms with van der Waals surface area (Å²) in [5.41, 5.74) is 20.3. The highest BCUT2D eigenvalue weighted by atomic mass is 79.9. The molecular formula is C68H47BrN2. The molecule has 2 aliphatic rings. The molecule has 2 aliphatic carbocycles. The Labute approximate surface area is 424 Å². The van der Waals surface area contributed by atoms with Crippen molar-refractivity contribution in [2.45, 2.75) is 10.8 Å². The molecule has 3 heteroatoms. The maximum Gasteiger partial charge on any atom is 0.0714 e. The van der Waals surface area contributed by atoms with Crippen LogP contribution in [0.5, 0.6) is 0 Å². The van der Waals surface area contributed by atoms with Gasteiger partial charge in [0.15, 0.2) is 0 Å². The first-order valence-corrected chi connectivity index (χ1v) is 25.2. The van der Waals surface area contributed by atoms with Crippen LogP contribution in [-0.4, -0.2) is 0 Å². The zero-order chi connectivity index (χ0) is 47.4. The summed E-state index contributed by atoms with van der Waals surface area (Å²) in [5, 5.41) is 0. The van der Waals surface area contributed by atoms with E-state index in [9.17, 15) is 0 Å². The lowest BCUT2D eigenvalue weighted by molar-refractivity contribution is 0.768. The molecule has 11 aromatic carbocycles. The molecular weight excluding hydrogens is 925 g/mol. The Morgan fingerprint density at radius 2 is 0.521 bits per heavy atom. The molecule has 0 fully saturated rings. The second-order valence-corrected chi connectivity index (χ2v) is 19.4. The number of nitrogens with zero attached hydrogens (tertiary/aromatic N) is 2. The molecule has 0 atom stereocenters. The molecule has 336 valence electrons. The number of hydrogen-bond acceptors (Lipinski definition) is 2. The first-order chi connectivity index (χ1) is 35.1. The van der Waals surface area contributed by atoms with E-state index in [2.05, 4.69) is 311 Å². The van der Waals surface area contributed by atoms with Crippen molar-refractivity contribution < 1.29 is 0 Å². The molecule has 0 aliphatic heterocycles. The average molecular weight is 972 g/mol. The van der Waals surface area contributed by atoms with Crippen molar-refractivity contribution in [3.8, 4) is 22.3 Å². The van der Waals surface area contributed by atoms with Gasteiger partial charge in [0.25, 0.3) is 0 Å². The molecule has 0 amide bonds. The zero-order valence-electron chi connectivity index (χ0n) is 38.9. The molecule has 0 aromatic heterocycles. The Hall–Kier alpha value is -8.50. The minimum absolute atomic E-state index is 0.540. The van der Waals surface area contributed by atoms with Crippen LogP contribution in [0.15, 0.2) is 290 Å². The SMILES string of the molecule is Brc1cc(N(c2ccccc2)c2ccc3c(c2)C(c2ccccc2)(c2ccccc2)c2ccccc2-3)cc(N(c2ccccc2)c2ccc3c(c2)C(c2ccccc2)(c2ccccc2)c2ccccc2-3)c1. The minimum Gasteiger partial charge on any atom is -0.310 e. The smallest absolute Gasteiger partial charge is 0.0714 e. The zero-order valence-corrected chi connectivity index (χ0v) is 40.5. The van der Waals surface area contributed by atoms with Gasteiger partial charge in [0.05, 0.1) is 10.8 Å². The molecule has 0 saturated heterocycles. The standard InChI is InChI=1S/C68H47BrN2/c69-52-43-57(70(53-31-15-5-16-32-53)55-39-41-61-59-35-19-21-37-63(59)67(65(61)46-55,48-23-7-1-8-24-48)49-25-9-2-10-26-49)45-58(44-52)71(54-33-17-6-18-34-54)56-40-42-62-60-36-20-22-38-64(60)68(66(62)47-56,50-27-11-3-12-28-50)51-29-13-4-14-30-51/h1-47H. The Bertz CT molecular complexity index is 3390. The Kier molecular flexibility index (Phi) is 10.5. The fourth-order valence-electron chi connectivity index (χ4n) is 12.0. The fourth-order valence-corrected chi connectivity index (χ4v) is 12.5. The molecule has 13 rings (SSSR count). The van der Waals surface area contributed by atoms with E-state index in [-0.39, 0.29) is 0 Å². The maximum absolute atomic E-state index is 4.08. The van der Waals surface area contributed by atoms with Crippen molar-refractivity contribution >= 4 is 50.1 Å². The van der Waals surface area contributed by atoms with E-state index < -0.39 is 10.8 Å². The molecule has 0 radical (unpaired) electrons. The fraction of sp³-hybridized carbons (Fsp3) is 0.0294. The Morgan fingerprint density at radius 1 is 0.225 bits per heavy atom. The van der Waals surface area contributed by atoms with Gasteiger partial charge in [-0.15, -0.1) is 0 Å². The minimum atomic E-state index is -0.540. The van der Waals surface area contributed by atoms with E-state index in [0.29, 0.717) is 0 Å². The molecule has 0 heterocycles. The van der Waals surface area contributed by atoms with E-state index in [1.807, 2.05) is 0 Å². The summed E-state index contributed by atoms with van der Waals surface area (Å²) >= 11 is 4.08. The number of halogens is 1. The topological polar surface area (TPSA) is 6.48 Å². The van der Waals surface area contributed by atoms with E-state index in [1.165, 1.54) is 66.8 Å². The molecule has 71 heavy (non-hydrogen) atoms. The van der Waals surface area contributed by atoms with Gasteiger partial charge in [-0.3, -0.25) is 0 Å². The highest BCUT2D eigenvalue weighted by Crippen LogP contribution is 2.59. The molecule has 0 spiro atoms. The van der Waals surface area contributed by atoms with E-state index in [1.54, 1.807) is 0 Å². The Balaban J connectivity index is 1.02. The lowest BCUT2D eigenvalue weighted by Gasteiger charge is -2.35. The lowest BCUT2D eigenvalue weighted by atomic mass is 9.67. The van der Waals surface area contributed by atoms with Gasteiger partial charge in [0.1, 0.15) is 0 Å². The van der Waals surface area contributed by atoms with Gasteiger partial charge < -0.3 is 9.80 Å². The van der Waals surface area contributed by atoms with Gasteiger partial charge in [-0.05, 0) is 133 Å². The molecule has 2 nitrogen and oxygen atoms in total. The second-order valence-electron chi connectivity index (χ2n) is 18.5. The molecule has 0 unspecified atom stereocenters. The average Bonchev–Trinajstić information content (AvgIpc) is 3.92. The first-order valence-electron chi connectivity index (χ1n) is 24.4. The van der Waals surface area contributed by atoms with E-state index in [0.717, 1.165) is 38.6 Å². The number of rotatable bonds is 10. The second kappa shape index (κ2) is 17.5. The van der Waals surface area contributed by atoms with Crippen molar-refractivity contribution in [2.24, 2.45) is 0 Å². The third-order valence-corrected chi connectivity index (χ3v) is 15.3. The molecule has 0 bridgehead atoms. The van der Waals surface area contributed by atoms with Crippen molar-refractivity contribution in [1.29, 1.82) is 0 Å². The number of fused-ring (bicyclic) bond motifs is 6. The van der Waals surface area contributed by atoms with Crippen molar-refractivity contribution in [2.75, 3.05) is 9.80 Å². The molecule has 11 aromatic rings. The van der Waals surface area contributed by atoms with Gasteiger partial charge in [0.2, 0.25) is 0 Å². The number of para-hydroxylation sites is 2. The first kappa shape index (κ1) is 42.6. The Morgan fingerprint density at radius 3 is 0.873 bits per heavy atom. The van der Waals surface area contributed by atoms with Crippen LogP contribution in [0.2, 0.25) is 0 Å². The van der Waals surface area contributed by atoms with Gasteiger partial charge in [-0.2, -0.15) is 0 Å². The van der Waals surface area contributed by atoms with Crippen LogP contribution in [0.4, 0.5) is 34.1 Å².